The first-order valence-corrected chi connectivity index (χ1v) is 7.76. The van der Waals surface area contributed by atoms with Crippen molar-refractivity contribution in [3.8, 4) is 6.07 Å². The molecule has 0 aromatic carbocycles. The van der Waals surface area contributed by atoms with Crippen molar-refractivity contribution in [1.29, 1.82) is 5.26 Å². The highest BCUT2D eigenvalue weighted by Crippen LogP contribution is 2.30. The molecule has 0 unspecified atom stereocenters. The first-order chi connectivity index (χ1) is 12.0. The van der Waals surface area contributed by atoms with Crippen LogP contribution in [0.3, 0.4) is 0 Å². The molecule has 1 aromatic heterocycles. The maximum absolute atomic E-state index is 12.6. The van der Waals surface area contributed by atoms with E-state index in [9.17, 15) is 19.7 Å². The number of pyridine rings is 1. The number of aromatic nitrogens is 1. The number of nitriles is 1. The molecule has 1 aliphatic heterocycles. The van der Waals surface area contributed by atoms with Crippen LogP contribution in [-0.2, 0) is 14.3 Å². The fourth-order valence-corrected chi connectivity index (χ4v) is 2.61. The van der Waals surface area contributed by atoms with E-state index < -0.39 is 28.5 Å². The Labute approximate surface area is 143 Å². The Balaban J connectivity index is 2.54. The summed E-state index contributed by atoms with van der Waals surface area (Å²) in [6.45, 7) is 2.72. The zero-order valence-corrected chi connectivity index (χ0v) is 13.6. The number of anilines is 1. The standard InChI is InChI=1S/C15H17N5O5/c1-2-25-15(22)14(21)19(11-5-7-17-8-6-11)13-12(20(23)24)4-3-10(9-16)18-13/h3-4,11,17H,2,5-8H2,1H3. The molecule has 0 bridgehead atoms. The van der Waals surface area contributed by atoms with Crippen molar-refractivity contribution in [3.05, 3.63) is 27.9 Å². The molecule has 1 amide bonds. The van der Waals surface area contributed by atoms with Gasteiger partial charge in [-0.3, -0.25) is 19.8 Å². The highest BCUT2D eigenvalue weighted by molar-refractivity contribution is 6.38. The Bertz CT molecular complexity index is 724. The van der Waals surface area contributed by atoms with Crippen molar-refractivity contribution in [2.45, 2.75) is 25.8 Å². The summed E-state index contributed by atoms with van der Waals surface area (Å²) in [5.74, 6) is -2.45. The van der Waals surface area contributed by atoms with Gasteiger partial charge in [-0.25, -0.2) is 9.78 Å². The fourth-order valence-electron chi connectivity index (χ4n) is 2.61. The van der Waals surface area contributed by atoms with E-state index in [0.29, 0.717) is 25.9 Å². The maximum Gasteiger partial charge on any atom is 0.397 e. The van der Waals surface area contributed by atoms with Crippen LogP contribution in [0.1, 0.15) is 25.5 Å². The molecular formula is C15H17N5O5. The maximum atomic E-state index is 12.6. The molecule has 10 nitrogen and oxygen atoms in total. The normalized spacial score (nSPS) is 14.4. The Kier molecular flexibility index (Phi) is 5.97. The molecule has 0 aliphatic carbocycles. The van der Waals surface area contributed by atoms with Gasteiger partial charge in [-0.15, -0.1) is 0 Å². The summed E-state index contributed by atoms with van der Waals surface area (Å²) in [5, 5.41) is 23.5. The van der Waals surface area contributed by atoms with E-state index in [0.717, 1.165) is 11.0 Å². The van der Waals surface area contributed by atoms with Gasteiger partial charge >= 0.3 is 17.6 Å². The second-order valence-corrected chi connectivity index (χ2v) is 5.28. The van der Waals surface area contributed by atoms with E-state index in [1.54, 1.807) is 13.0 Å². The molecule has 1 N–H and O–H groups in total. The topological polar surface area (TPSA) is 138 Å². The lowest BCUT2D eigenvalue weighted by atomic mass is 10.0. The van der Waals surface area contributed by atoms with Crippen LogP contribution in [0.4, 0.5) is 11.5 Å². The minimum absolute atomic E-state index is 0.00159. The number of esters is 1. The minimum Gasteiger partial charge on any atom is -0.459 e. The summed E-state index contributed by atoms with van der Waals surface area (Å²) in [6, 6.07) is 3.62. The number of piperidine rings is 1. The van der Waals surface area contributed by atoms with Gasteiger partial charge in [0.1, 0.15) is 11.8 Å². The summed E-state index contributed by atoms with van der Waals surface area (Å²) in [5.41, 5.74) is -0.536. The Hall–Kier alpha value is -3.06. The number of amides is 1. The van der Waals surface area contributed by atoms with Gasteiger partial charge in [0.25, 0.3) is 0 Å². The molecule has 2 rings (SSSR count). The van der Waals surface area contributed by atoms with Crippen LogP contribution in [0.25, 0.3) is 0 Å². The number of carbonyl (C=O) groups excluding carboxylic acids is 2. The van der Waals surface area contributed by atoms with Gasteiger partial charge in [-0.2, -0.15) is 5.26 Å². The molecule has 0 spiro atoms. The monoisotopic (exact) mass is 347 g/mol. The Morgan fingerprint density at radius 3 is 2.72 bits per heavy atom. The highest BCUT2D eigenvalue weighted by atomic mass is 16.6. The number of carbonyl (C=O) groups is 2. The molecular weight excluding hydrogens is 330 g/mol. The molecule has 1 aliphatic rings. The smallest absolute Gasteiger partial charge is 0.397 e. The predicted octanol–water partition coefficient (Wildman–Crippen LogP) is 0.510. The van der Waals surface area contributed by atoms with E-state index in [4.69, 9.17) is 10.00 Å². The van der Waals surface area contributed by atoms with Crippen LogP contribution >= 0.6 is 0 Å². The lowest BCUT2D eigenvalue weighted by molar-refractivity contribution is -0.384. The average molecular weight is 347 g/mol. The van der Waals surface area contributed by atoms with Gasteiger partial charge in [-0.05, 0) is 38.9 Å². The zero-order chi connectivity index (χ0) is 18.4. The summed E-state index contributed by atoms with van der Waals surface area (Å²) in [7, 11) is 0. The van der Waals surface area contributed by atoms with Crippen LogP contribution in [0.15, 0.2) is 12.1 Å². The number of hydrogen-bond acceptors (Lipinski definition) is 8. The van der Waals surface area contributed by atoms with Gasteiger partial charge in [0.2, 0.25) is 5.82 Å². The van der Waals surface area contributed by atoms with Crippen molar-refractivity contribution in [2.24, 2.45) is 0 Å². The molecule has 2 heterocycles. The largest absolute Gasteiger partial charge is 0.459 e. The molecule has 0 saturated carbocycles. The Morgan fingerprint density at radius 1 is 1.48 bits per heavy atom. The lowest BCUT2D eigenvalue weighted by Crippen LogP contribution is -2.49. The van der Waals surface area contributed by atoms with Crippen molar-refractivity contribution < 1.29 is 19.2 Å². The summed E-state index contributed by atoms with van der Waals surface area (Å²) < 4.78 is 4.75. The third-order valence-corrected chi connectivity index (χ3v) is 3.74. The van der Waals surface area contributed by atoms with Crippen LogP contribution in [-0.4, -0.2) is 47.5 Å². The number of hydrogen-bond donors (Lipinski definition) is 1. The number of nitrogens with one attached hydrogen (secondary N) is 1. The SMILES string of the molecule is CCOC(=O)C(=O)N(c1nc(C#N)ccc1[N+](=O)[O-])C1CCNCC1. The van der Waals surface area contributed by atoms with E-state index in [-0.39, 0.29) is 18.1 Å². The van der Waals surface area contributed by atoms with Crippen LogP contribution in [0.2, 0.25) is 0 Å². The third-order valence-electron chi connectivity index (χ3n) is 3.74. The van der Waals surface area contributed by atoms with E-state index in [1.807, 2.05) is 0 Å². The first kappa shape index (κ1) is 18.3. The van der Waals surface area contributed by atoms with E-state index in [2.05, 4.69) is 10.3 Å². The highest BCUT2D eigenvalue weighted by Gasteiger charge is 2.37. The summed E-state index contributed by atoms with van der Waals surface area (Å²) >= 11 is 0. The predicted molar refractivity (Wildman–Crippen MR) is 85.6 cm³/mol. The van der Waals surface area contributed by atoms with Crippen LogP contribution < -0.4 is 10.2 Å². The third kappa shape index (κ3) is 4.07. The molecule has 132 valence electrons. The molecule has 10 heteroatoms. The number of rotatable bonds is 4. The molecule has 1 aromatic rings. The van der Waals surface area contributed by atoms with Gasteiger partial charge < -0.3 is 10.1 Å². The number of nitrogens with zero attached hydrogens (tertiary/aromatic N) is 4. The van der Waals surface area contributed by atoms with Crippen LogP contribution in [0.5, 0.6) is 0 Å². The summed E-state index contributed by atoms with van der Waals surface area (Å²) in [6.07, 6.45) is 0.974. The second-order valence-electron chi connectivity index (χ2n) is 5.28. The molecule has 1 fully saturated rings. The minimum atomic E-state index is -1.11. The van der Waals surface area contributed by atoms with E-state index in [1.165, 1.54) is 6.07 Å². The molecule has 0 radical (unpaired) electrons. The van der Waals surface area contributed by atoms with Crippen molar-refractivity contribution in [3.63, 3.8) is 0 Å². The fraction of sp³-hybridized carbons (Fsp3) is 0.467. The first-order valence-electron chi connectivity index (χ1n) is 7.76. The number of ether oxygens (including phenoxy) is 1. The van der Waals surface area contributed by atoms with Gasteiger partial charge in [0, 0.05) is 12.1 Å². The molecule has 25 heavy (non-hydrogen) atoms. The molecule has 1 saturated heterocycles. The van der Waals surface area contributed by atoms with Crippen LogP contribution in [0, 0.1) is 21.4 Å². The lowest BCUT2D eigenvalue weighted by Gasteiger charge is -2.32. The van der Waals surface area contributed by atoms with Gasteiger partial charge in [-0.1, -0.05) is 0 Å². The Morgan fingerprint density at radius 2 is 2.16 bits per heavy atom. The van der Waals surface area contributed by atoms with Gasteiger partial charge in [0.15, 0.2) is 0 Å². The second kappa shape index (κ2) is 8.16. The van der Waals surface area contributed by atoms with Gasteiger partial charge in [0.05, 0.1) is 11.5 Å². The molecule has 0 atom stereocenters. The zero-order valence-electron chi connectivity index (χ0n) is 13.6. The van der Waals surface area contributed by atoms with Crippen molar-refractivity contribution in [2.75, 3.05) is 24.6 Å². The average Bonchev–Trinajstić information content (AvgIpc) is 2.62. The summed E-state index contributed by atoms with van der Waals surface area (Å²) in [4.78, 5) is 40.1. The van der Waals surface area contributed by atoms with Crippen molar-refractivity contribution in [1.82, 2.24) is 10.3 Å². The van der Waals surface area contributed by atoms with E-state index >= 15 is 0 Å². The van der Waals surface area contributed by atoms with Crippen molar-refractivity contribution >= 4 is 23.4 Å². The quantitative estimate of drug-likeness (QED) is 0.360. The number of nitro groups is 1.